The van der Waals surface area contributed by atoms with E-state index in [0.717, 1.165) is 23.0 Å². The Kier molecular flexibility index (Phi) is 4.15. The van der Waals surface area contributed by atoms with Crippen molar-refractivity contribution >= 4 is 5.82 Å². The number of rotatable bonds is 5. The van der Waals surface area contributed by atoms with E-state index >= 15 is 0 Å². The lowest BCUT2D eigenvalue weighted by molar-refractivity contribution is 0.178. The molecule has 4 heteroatoms. The first-order valence-electron chi connectivity index (χ1n) is 7.45. The van der Waals surface area contributed by atoms with Gasteiger partial charge in [0.2, 0.25) is 0 Å². The average molecular weight is 283 g/mol. The molecule has 0 radical (unpaired) electrons. The lowest BCUT2D eigenvalue weighted by Crippen LogP contribution is -2.08. The zero-order valence-electron chi connectivity index (χ0n) is 12.6. The Balaban J connectivity index is 1.89. The van der Waals surface area contributed by atoms with E-state index in [9.17, 15) is 0 Å². The molecule has 0 saturated heterocycles. The lowest BCUT2D eigenvalue weighted by Gasteiger charge is -2.25. The smallest absolute Gasteiger partial charge is 0.157 e. The van der Waals surface area contributed by atoms with Crippen LogP contribution in [0.2, 0.25) is 0 Å². The van der Waals surface area contributed by atoms with Crippen molar-refractivity contribution in [2.45, 2.75) is 31.8 Å². The van der Waals surface area contributed by atoms with Crippen LogP contribution in [0.25, 0.3) is 11.3 Å². The van der Waals surface area contributed by atoms with Crippen molar-refractivity contribution in [2.24, 2.45) is 0 Å². The van der Waals surface area contributed by atoms with Crippen molar-refractivity contribution in [3.8, 4) is 11.3 Å². The van der Waals surface area contributed by atoms with Gasteiger partial charge in [-0.25, -0.2) is 9.97 Å². The number of hydrogen-bond acceptors (Lipinski definition) is 4. The largest absolute Gasteiger partial charge is 0.377 e. The van der Waals surface area contributed by atoms with Gasteiger partial charge in [-0.05, 0) is 24.3 Å². The molecule has 4 nitrogen and oxygen atoms in total. The van der Waals surface area contributed by atoms with Gasteiger partial charge in [0, 0.05) is 25.8 Å². The number of benzene rings is 1. The maximum atomic E-state index is 5.14. The fourth-order valence-electron chi connectivity index (χ4n) is 2.63. The maximum absolute atomic E-state index is 5.14. The Bertz CT molecular complexity index is 606. The van der Waals surface area contributed by atoms with Crippen LogP contribution in [0.4, 0.5) is 5.82 Å². The Labute approximate surface area is 125 Å². The standard InChI is InChI=1S/C17H21N3O/c1-18-16-10-15(19-17(20-16)11-21-2)14-8-6-13(7-9-14)12-4-3-5-12/h6-10,12H,3-5,11H2,1-2H3,(H,18,19,20). The van der Waals surface area contributed by atoms with Gasteiger partial charge in [0.25, 0.3) is 0 Å². The second kappa shape index (κ2) is 6.22. The van der Waals surface area contributed by atoms with Gasteiger partial charge in [-0.15, -0.1) is 0 Å². The monoisotopic (exact) mass is 283 g/mol. The van der Waals surface area contributed by atoms with Gasteiger partial charge >= 0.3 is 0 Å². The van der Waals surface area contributed by atoms with E-state index in [-0.39, 0.29) is 0 Å². The van der Waals surface area contributed by atoms with Crippen LogP contribution in [0, 0.1) is 0 Å². The first kappa shape index (κ1) is 14.0. The van der Waals surface area contributed by atoms with Crippen molar-refractivity contribution in [3.63, 3.8) is 0 Å². The van der Waals surface area contributed by atoms with Gasteiger partial charge in [0.1, 0.15) is 12.4 Å². The highest BCUT2D eigenvalue weighted by Gasteiger charge is 2.19. The second-order valence-corrected chi connectivity index (χ2v) is 5.49. The minimum Gasteiger partial charge on any atom is -0.377 e. The SMILES string of the molecule is CNc1cc(-c2ccc(C3CCC3)cc2)nc(COC)n1. The van der Waals surface area contributed by atoms with Crippen LogP contribution in [0.1, 0.15) is 36.6 Å². The van der Waals surface area contributed by atoms with Crippen LogP contribution in [0.3, 0.4) is 0 Å². The quantitative estimate of drug-likeness (QED) is 0.910. The molecule has 1 aliphatic carbocycles. The summed E-state index contributed by atoms with van der Waals surface area (Å²) >= 11 is 0. The molecule has 1 aromatic heterocycles. The van der Waals surface area contributed by atoms with E-state index in [0.29, 0.717) is 12.4 Å². The number of nitrogens with zero attached hydrogens (tertiary/aromatic N) is 2. The second-order valence-electron chi connectivity index (χ2n) is 5.49. The zero-order chi connectivity index (χ0) is 14.7. The third-order valence-corrected chi connectivity index (χ3v) is 4.09. The van der Waals surface area contributed by atoms with Crippen molar-refractivity contribution in [1.82, 2.24) is 9.97 Å². The summed E-state index contributed by atoms with van der Waals surface area (Å²) in [7, 11) is 3.52. The molecular formula is C17H21N3O. The van der Waals surface area contributed by atoms with Crippen LogP contribution < -0.4 is 5.32 Å². The molecule has 0 spiro atoms. The highest BCUT2D eigenvalue weighted by Crippen LogP contribution is 2.36. The third kappa shape index (κ3) is 3.05. The van der Waals surface area contributed by atoms with E-state index in [1.54, 1.807) is 7.11 Å². The summed E-state index contributed by atoms with van der Waals surface area (Å²) in [5.74, 6) is 2.28. The Hall–Kier alpha value is -1.94. The van der Waals surface area contributed by atoms with Crippen molar-refractivity contribution < 1.29 is 4.74 Å². The van der Waals surface area contributed by atoms with Gasteiger partial charge in [-0.2, -0.15) is 0 Å². The van der Waals surface area contributed by atoms with Gasteiger partial charge in [-0.3, -0.25) is 0 Å². The predicted octanol–water partition coefficient (Wildman–Crippen LogP) is 3.60. The summed E-state index contributed by atoms with van der Waals surface area (Å²) < 4.78 is 5.14. The molecule has 1 aliphatic rings. The highest BCUT2D eigenvalue weighted by atomic mass is 16.5. The molecule has 0 aliphatic heterocycles. The molecule has 110 valence electrons. The average Bonchev–Trinajstić information content (AvgIpc) is 2.46. The Morgan fingerprint density at radius 2 is 1.95 bits per heavy atom. The van der Waals surface area contributed by atoms with E-state index in [1.165, 1.54) is 24.8 Å². The van der Waals surface area contributed by atoms with Crippen LogP contribution >= 0.6 is 0 Å². The van der Waals surface area contributed by atoms with Crippen molar-refractivity contribution in [2.75, 3.05) is 19.5 Å². The van der Waals surface area contributed by atoms with Crippen LogP contribution in [-0.4, -0.2) is 24.1 Å². The van der Waals surface area contributed by atoms with Gasteiger partial charge in [0.05, 0.1) is 5.69 Å². The summed E-state index contributed by atoms with van der Waals surface area (Å²) in [6.07, 6.45) is 4.02. The maximum Gasteiger partial charge on any atom is 0.157 e. The summed E-state index contributed by atoms with van der Waals surface area (Å²) in [5, 5.41) is 3.08. The predicted molar refractivity (Wildman–Crippen MR) is 84.3 cm³/mol. The third-order valence-electron chi connectivity index (χ3n) is 4.09. The molecule has 1 aromatic carbocycles. The molecule has 1 heterocycles. The van der Waals surface area contributed by atoms with Crippen molar-refractivity contribution in [3.05, 3.63) is 41.7 Å². The van der Waals surface area contributed by atoms with E-state index in [2.05, 4.69) is 39.6 Å². The minimum absolute atomic E-state index is 0.419. The topological polar surface area (TPSA) is 47.0 Å². The van der Waals surface area contributed by atoms with Crippen molar-refractivity contribution in [1.29, 1.82) is 0 Å². The fourth-order valence-corrected chi connectivity index (χ4v) is 2.63. The highest BCUT2D eigenvalue weighted by molar-refractivity contribution is 5.63. The van der Waals surface area contributed by atoms with Crippen LogP contribution in [0.15, 0.2) is 30.3 Å². The minimum atomic E-state index is 0.419. The number of methoxy groups -OCH3 is 1. The molecule has 0 amide bonds. The molecule has 1 fully saturated rings. The normalized spacial score (nSPS) is 14.8. The number of anilines is 1. The molecule has 0 unspecified atom stereocenters. The molecule has 21 heavy (non-hydrogen) atoms. The summed E-state index contributed by atoms with van der Waals surface area (Å²) in [6.45, 7) is 0.419. The summed E-state index contributed by atoms with van der Waals surface area (Å²) in [4.78, 5) is 8.96. The van der Waals surface area contributed by atoms with Crippen LogP contribution in [-0.2, 0) is 11.3 Å². The zero-order valence-corrected chi connectivity index (χ0v) is 12.6. The van der Waals surface area contributed by atoms with Gasteiger partial charge in [0.15, 0.2) is 5.82 Å². The Morgan fingerprint density at radius 1 is 1.19 bits per heavy atom. The Morgan fingerprint density at radius 3 is 2.52 bits per heavy atom. The molecule has 1 saturated carbocycles. The number of aromatic nitrogens is 2. The number of nitrogens with one attached hydrogen (secondary N) is 1. The van der Waals surface area contributed by atoms with E-state index in [4.69, 9.17) is 4.74 Å². The van der Waals surface area contributed by atoms with E-state index < -0.39 is 0 Å². The number of hydrogen-bond donors (Lipinski definition) is 1. The first-order valence-corrected chi connectivity index (χ1v) is 7.45. The fraction of sp³-hybridized carbons (Fsp3) is 0.412. The summed E-state index contributed by atoms with van der Waals surface area (Å²) in [5.41, 5.74) is 3.50. The molecule has 0 atom stereocenters. The molecule has 0 bridgehead atoms. The molecule has 2 aromatic rings. The van der Waals surface area contributed by atoms with Gasteiger partial charge < -0.3 is 10.1 Å². The summed E-state index contributed by atoms with van der Waals surface area (Å²) in [6, 6.07) is 10.8. The van der Waals surface area contributed by atoms with E-state index in [1.807, 2.05) is 13.1 Å². The molecule has 1 N–H and O–H groups in total. The molecular weight excluding hydrogens is 262 g/mol. The lowest BCUT2D eigenvalue weighted by atomic mass is 9.80. The van der Waals surface area contributed by atoms with Gasteiger partial charge in [-0.1, -0.05) is 30.7 Å². The number of ether oxygens (including phenoxy) is 1. The molecule has 3 rings (SSSR count). The van der Waals surface area contributed by atoms with Crippen LogP contribution in [0.5, 0.6) is 0 Å². The first-order chi connectivity index (χ1) is 10.3.